The van der Waals surface area contributed by atoms with Crippen LogP contribution in [0.25, 0.3) is 10.9 Å². The lowest BCUT2D eigenvalue weighted by Gasteiger charge is -2.21. The molecule has 0 atom stereocenters. The minimum atomic E-state index is -3.59. The molecule has 2 N–H and O–H groups in total. The first-order chi connectivity index (χ1) is 16.7. The Kier molecular flexibility index (Phi) is 9.29. The van der Waals surface area contributed by atoms with Crippen LogP contribution in [-0.4, -0.2) is 41.7 Å². The van der Waals surface area contributed by atoms with Gasteiger partial charge in [0.05, 0.1) is 21.8 Å². The van der Waals surface area contributed by atoms with Crippen LogP contribution in [0.4, 0.5) is 5.69 Å². The third kappa shape index (κ3) is 6.41. The number of sulfonamides is 1. The summed E-state index contributed by atoms with van der Waals surface area (Å²) >= 11 is 11.6. The molecule has 1 aromatic heterocycles. The Morgan fingerprint density at radius 1 is 1.14 bits per heavy atom. The highest BCUT2D eigenvalue weighted by Gasteiger charge is 2.24. The van der Waals surface area contributed by atoms with Crippen LogP contribution in [0.2, 0.25) is 5.02 Å². The van der Waals surface area contributed by atoms with Gasteiger partial charge in [0.15, 0.2) is 5.11 Å². The molecule has 0 amide bonds. The number of nitrogens with zero attached hydrogens (tertiary/aromatic N) is 3. The highest BCUT2D eigenvalue weighted by atomic mass is 35.5. The molecule has 0 aliphatic heterocycles. The van der Waals surface area contributed by atoms with E-state index < -0.39 is 10.0 Å². The number of hydrazone groups is 1. The van der Waals surface area contributed by atoms with E-state index in [4.69, 9.17) is 23.8 Å². The van der Waals surface area contributed by atoms with Crippen molar-refractivity contribution in [3.63, 3.8) is 0 Å². The Morgan fingerprint density at radius 2 is 1.86 bits per heavy atom. The maximum absolute atomic E-state index is 13.3. The second kappa shape index (κ2) is 12.0. The first-order valence-corrected chi connectivity index (χ1v) is 13.9. The topological polar surface area (TPSA) is 78.7 Å². The van der Waals surface area contributed by atoms with Gasteiger partial charge in [-0.3, -0.25) is 5.43 Å². The van der Waals surface area contributed by atoms with Crippen molar-refractivity contribution in [2.75, 3.05) is 18.4 Å². The Hall–Kier alpha value is -2.46. The van der Waals surface area contributed by atoms with Gasteiger partial charge in [0.2, 0.25) is 10.0 Å². The maximum atomic E-state index is 13.3. The minimum absolute atomic E-state index is 0.287. The number of aromatic nitrogens is 1. The molecule has 0 fully saturated rings. The lowest BCUT2D eigenvalue weighted by atomic mass is 10.2. The SMILES string of the molecule is CCCN(CCC)S(=O)(=O)c1ccc2c(c1)c(/C=N\NC(=S)Nc1ccc(C)cc1Cl)cn2CC. The smallest absolute Gasteiger partial charge is 0.243 e. The largest absolute Gasteiger partial charge is 0.347 e. The van der Waals surface area contributed by atoms with Crippen LogP contribution in [0.1, 0.15) is 44.7 Å². The number of anilines is 1. The minimum Gasteiger partial charge on any atom is -0.347 e. The fraction of sp³-hybridized carbons (Fsp3) is 0.360. The number of hydrogen-bond donors (Lipinski definition) is 2. The number of rotatable bonds is 10. The summed E-state index contributed by atoms with van der Waals surface area (Å²) in [5.41, 5.74) is 6.28. The molecule has 0 unspecified atom stereocenters. The van der Waals surface area contributed by atoms with Gasteiger partial charge >= 0.3 is 0 Å². The molecule has 35 heavy (non-hydrogen) atoms. The van der Waals surface area contributed by atoms with Gasteiger partial charge in [-0.15, -0.1) is 0 Å². The Bertz CT molecular complexity index is 1330. The third-order valence-corrected chi connectivity index (χ3v) is 7.95. The molecule has 3 rings (SSSR count). The molecule has 0 radical (unpaired) electrons. The molecule has 0 saturated heterocycles. The molecule has 0 aliphatic carbocycles. The van der Waals surface area contributed by atoms with Gasteiger partial charge in [0.25, 0.3) is 0 Å². The van der Waals surface area contributed by atoms with E-state index in [-0.39, 0.29) is 4.90 Å². The van der Waals surface area contributed by atoms with Crippen LogP contribution in [-0.2, 0) is 16.6 Å². The summed E-state index contributed by atoms with van der Waals surface area (Å²) in [5, 5.41) is 8.98. The summed E-state index contributed by atoms with van der Waals surface area (Å²) < 4.78 is 30.2. The lowest BCUT2D eigenvalue weighted by Crippen LogP contribution is -2.32. The quantitative estimate of drug-likeness (QED) is 0.197. The Labute approximate surface area is 218 Å². The molecule has 3 aromatic rings. The number of benzene rings is 2. The standard InChI is InChI=1S/C25H32ClN5O2S2/c1-5-12-31(13-6-2)35(32,33)20-9-11-24-21(15-20)19(17-30(24)7-3)16-27-29-25(34)28-23-10-8-18(4)14-22(23)26/h8-11,14-17H,5-7,12-13H2,1-4H3,(H2,28,29,34)/b27-16-. The average Bonchev–Trinajstić information content (AvgIpc) is 3.18. The summed E-state index contributed by atoms with van der Waals surface area (Å²) in [6.45, 7) is 9.71. The first kappa shape index (κ1) is 27.1. The number of halogens is 1. The van der Waals surface area contributed by atoms with Crippen molar-refractivity contribution in [2.24, 2.45) is 5.10 Å². The normalized spacial score (nSPS) is 12.1. The van der Waals surface area contributed by atoms with Crippen molar-refractivity contribution < 1.29 is 8.42 Å². The number of aryl methyl sites for hydroxylation is 2. The first-order valence-electron chi connectivity index (χ1n) is 11.7. The van der Waals surface area contributed by atoms with Gasteiger partial charge in [0, 0.05) is 42.3 Å². The Morgan fingerprint density at radius 3 is 2.49 bits per heavy atom. The zero-order valence-electron chi connectivity index (χ0n) is 20.5. The number of nitrogens with one attached hydrogen (secondary N) is 2. The van der Waals surface area contributed by atoms with Gasteiger partial charge in [-0.1, -0.05) is 31.5 Å². The lowest BCUT2D eigenvalue weighted by molar-refractivity contribution is 0.410. The number of hydrogen-bond acceptors (Lipinski definition) is 4. The van der Waals surface area contributed by atoms with Crippen LogP contribution >= 0.6 is 23.8 Å². The molecule has 0 spiro atoms. The van der Waals surface area contributed by atoms with Crippen molar-refractivity contribution in [2.45, 2.75) is 52.0 Å². The predicted octanol–water partition coefficient (Wildman–Crippen LogP) is 5.75. The van der Waals surface area contributed by atoms with Crippen molar-refractivity contribution in [3.05, 3.63) is 58.7 Å². The predicted molar refractivity (Wildman–Crippen MR) is 150 cm³/mol. The highest BCUT2D eigenvalue weighted by molar-refractivity contribution is 7.89. The zero-order chi connectivity index (χ0) is 25.6. The van der Waals surface area contributed by atoms with Crippen LogP contribution in [0.3, 0.4) is 0 Å². The fourth-order valence-corrected chi connectivity index (χ4v) is 5.96. The van der Waals surface area contributed by atoms with Crippen molar-refractivity contribution in [3.8, 4) is 0 Å². The van der Waals surface area contributed by atoms with Crippen molar-refractivity contribution in [1.82, 2.24) is 14.3 Å². The molecule has 7 nitrogen and oxygen atoms in total. The fourth-order valence-electron chi connectivity index (χ4n) is 3.86. The molecular formula is C25H32ClN5O2S2. The van der Waals surface area contributed by atoms with Gasteiger partial charge in [-0.25, -0.2) is 8.42 Å². The van der Waals surface area contributed by atoms with E-state index in [2.05, 4.69) is 20.4 Å². The van der Waals surface area contributed by atoms with Gasteiger partial charge < -0.3 is 9.88 Å². The van der Waals surface area contributed by atoms with E-state index in [0.29, 0.717) is 28.9 Å². The van der Waals surface area contributed by atoms with Gasteiger partial charge in [-0.2, -0.15) is 9.41 Å². The van der Waals surface area contributed by atoms with Gasteiger partial charge in [0.1, 0.15) is 0 Å². The molecule has 1 heterocycles. The van der Waals surface area contributed by atoms with Crippen molar-refractivity contribution in [1.29, 1.82) is 0 Å². The van der Waals surface area contributed by atoms with E-state index >= 15 is 0 Å². The molecule has 0 bridgehead atoms. The highest BCUT2D eigenvalue weighted by Crippen LogP contribution is 2.26. The number of fused-ring (bicyclic) bond motifs is 1. The second-order valence-corrected chi connectivity index (χ2v) is 11.0. The molecule has 0 aliphatic rings. The Balaban J connectivity index is 1.86. The molecule has 0 saturated carbocycles. The van der Waals surface area contributed by atoms with Crippen LogP contribution < -0.4 is 10.7 Å². The van der Waals surface area contributed by atoms with E-state index in [0.717, 1.165) is 41.4 Å². The van der Waals surface area contributed by atoms with Crippen molar-refractivity contribution >= 4 is 61.8 Å². The maximum Gasteiger partial charge on any atom is 0.243 e. The summed E-state index contributed by atoms with van der Waals surface area (Å²) in [6.07, 6.45) is 5.12. The molecule has 2 aromatic carbocycles. The summed E-state index contributed by atoms with van der Waals surface area (Å²) in [4.78, 5) is 0.287. The number of thiocarbonyl (C=S) groups is 1. The average molecular weight is 534 g/mol. The van der Waals surface area contributed by atoms with E-state index in [9.17, 15) is 8.42 Å². The van der Waals surface area contributed by atoms with Crippen LogP contribution in [0.15, 0.2) is 52.6 Å². The molecular weight excluding hydrogens is 502 g/mol. The van der Waals surface area contributed by atoms with Gasteiger partial charge in [-0.05, 0) is 74.8 Å². The second-order valence-electron chi connectivity index (χ2n) is 8.26. The van der Waals surface area contributed by atoms with E-state index in [1.165, 1.54) is 0 Å². The molecule has 188 valence electrons. The zero-order valence-corrected chi connectivity index (χ0v) is 22.9. The monoisotopic (exact) mass is 533 g/mol. The third-order valence-electron chi connectivity index (χ3n) is 5.55. The van der Waals surface area contributed by atoms with Crippen LogP contribution in [0.5, 0.6) is 0 Å². The summed E-state index contributed by atoms with van der Waals surface area (Å²) in [7, 11) is -3.59. The summed E-state index contributed by atoms with van der Waals surface area (Å²) in [6, 6.07) is 10.9. The van der Waals surface area contributed by atoms with E-state index in [1.54, 1.807) is 22.7 Å². The van der Waals surface area contributed by atoms with Crippen LogP contribution in [0, 0.1) is 6.92 Å². The molecule has 10 heteroatoms. The van der Waals surface area contributed by atoms with E-state index in [1.807, 2.05) is 58.2 Å². The summed E-state index contributed by atoms with van der Waals surface area (Å²) in [5.74, 6) is 0.